The Hall–Kier alpha value is -2.64. The van der Waals surface area contributed by atoms with E-state index in [0.717, 1.165) is 0 Å². The van der Waals surface area contributed by atoms with Gasteiger partial charge in [-0.15, -0.1) is 0 Å². The second-order valence-corrected chi connectivity index (χ2v) is 6.89. The summed E-state index contributed by atoms with van der Waals surface area (Å²) in [6.45, 7) is 6.01. The van der Waals surface area contributed by atoms with E-state index in [0.29, 0.717) is 25.3 Å². The quantitative estimate of drug-likeness (QED) is 0.856. The number of ether oxygens (including phenoxy) is 1. The number of anilines is 1. The van der Waals surface area contributed by atoms with Crippen molar-refractivity contribution in [3.05, 3.63) is 24.4 Å². The zero-order chi connectivity index (χ0) is 18.4. The van der Waals surface area contributed by atoms with Crippen LogP contribution in [-0.4, -0.2) is 53.0 Å². The Kier molecular flexibility index (Phi) is 5.95. The molecule has 0 spiro atoms. The zero-order valence-corrected chi connectivity index (χ0v) is 14.7. The van der Waals surface area contributed by atoms with Crippen LogP contribution in [0, 0.1) is 5.92 Å². The first kappa shape index (κ1) is 18.7. The molecule has 0 radical (unpaired) electrons. The third-order valence-corrected chi connectivity index (χ3v) is 3.57. The molecule has 1 aliphatic rings. The number of hydrogen-bond acceptors (Lipinski definition) is 5. The van der Waals surface area contributed by atoms with E-state index in [9.17, 15) is 14.4 Å². The van der Waals surface area contributed by atoms with E-state index < -0.39 is 11.7 Å². The molecule has 25 heavy (non-hydrogen) atoms. The standard InChI is InChI=1S/C17H24N4O4/c1-17(2,3)25-16(24)21-9-7-12(11-21)15(23)19-10-14(22)20-13-6-4-5-8-18-13/h4-6,8,12H,7,9-11H2,1-3H3,(H,19,23)(H,18,20,22). The van der Waals surface area contributed by atoms with Gasteiger partial charge in [-0.1, -0.05) is 6.07 Å². The van der Waals surface area contributed by atoms with Gasteiger partial charge in [0.25, 0.3) is 0 Å². The average Bonchev–Trinajstić information content (AvgIpc) is 3.02. The molecular formula is C17H24N4O4. The average molecular weight is 348 g/mol. The Bertz CT molecular complexity index is 627. The lowest BCUT2D eigenvalue weighted by Crippen LogP contribution is -2.39. The summed E-state index contributed by atoms with van der Waals surface area (Å²) in [5, 5.41) is 5.19. The molecular weight excluding hydrogens is 324 g/mol. The lowest BCUT2D eigenvalue weighted by Gasteiger charge is -2.24. The first-order chi connectivity index (χ1) is 11.7. The summed E-state index contributed by atoms with van der Waals surface area (Å²) >= 11 is 0. The van der Waals surface area contributed by atoms with Crippen LogP contribution in [0.25, 0.3) is 0 Å². The third-order valence-electron chi connectivity index (χ3n) is 3.57. The molecule has 1 aliphatic heterocycles. The second-order valence-electron chi connectivity index (χ2n) is 6.89. The highest BCUT2D eigenvalue weighted by Gasteiger charge is 2.33. The highest BCUT2D eigenvalue weighted by Crippen LogP contribution is 2.19. The highest BCUT2D eigenvalue weighted by molar-refractivity contribution is 5.94. The number of hydrogen-bond donors (Lipinski definition) is 2. The van der Waals surface area contributed by atoms with Crippen molar-refractivity contribution in [3.63, 3.8) is 0 Å². The van der Waals surface area contributed by atoms with Gasteiger partial charge in [0.05, 0.1) is 12.5 Å². The molecule has 0 bridgehead atoms. The van der Waals surface area contributed by atoms with Crippen molar-refractivity contribution in [2.24, 2.45) is 5.92 Å². The van der Waals surface area contributed by atoms with Crippen LogP contribution in [0.15, 0.2) is 24.4 Å². The van der Waals surface area contributed by atoms with Crippen LogP contribution >= 0.6 is 0 Å². The van der Waals surface area contributed by atoms with E-state index in [1.165, 1.54) is 4.90 Å². The molecule has 8 nitrogen and oxygen atoms in total. The van der Waals surface area contributed by atoms with Gasteiger partial charge in [0.2, 0.25) is 11.8 Å². The second kappa shape index (κ2) is 7.96. The summed E-state index contributed by atoms with van der Waals surface area (Å²) in [4.78, 5) is 41.5. The Morgan fingerprint density at radius 1 is 1.32 bits per heavy atom. The number of rotatable bonds is 4. The molecule has 1 unspecified atom stereocenters. The van der Waals surface area contributed by atoms with E-state index in [1.807, 2.05) is 0 Å². The molecule has 0 aliphatic carbocycles. The van der Waals surface area contributed by atoms with Crippen molar-refractivity contribution in [1.29, 1.82) is 0 Å². The van der Waals surface area contributed by atoms with Gasteiger partial charge in [0, 0.05) is 19.3 Å². The molecule has 2 heterocycles. The Balaban J connectivity index is 1.74. The normalized spacial score (nSPS) is 17.1. The van der Waals surface area contributed by atoms with E-state index in [2.05, 4.69) is 15.6 Å². The minimum Gasteiger partial charge on any atom is -0.444 e. The fourth-order valence-corrected chi connectivity index (χ4v) is 2.40. The molecule has 0 saturated carbocycles. The van der Waals surface area contributed by atoms with E-state index in [4.69, 9.17) is 4.74 Å². The summed E-state index contributed by atoms with van der Waals surface area (Å²) in [5.41, 5.74) is -0.568. The van der Waals surface area contributed by atoms with Gasteiger partial charge in [-0.2, -0.15) is 0 Å². The van der Waals surface area contributed by atoms with Gasteiger partial charge >= 0.3 is 6.09 Å². The van der Waals surface area contributed by atoms with Gasteiger partial charge < -0.3 is 20.3 Å². The minimum absolute atomic E-state index is 0.141. The molecule has 1 aromatic heterocycles. The van der Waals surface area contributed by atoms with Crippen LogP contribution < -0.4 is 10.6 Å². The van der Waals surface area contributed by atoms with Crippen LogP contribution in [0.5, 0.6) is 0 Å². The maximum absolute atomic E-state index is 12.2. The summed E-state index contributed by atoms with van der Waals surface area (Å²) in [5.74, 6) is -0.509. The van der Waals surface area contributed by atoms with Crippen molar-refractivity contribution in [1.82, 2.24) is 15.2 Å². The van der Waals surface area contributed by atoms with E-state index in [1.54, 1.807) is 45.2 Å². The number of carbonyl (C=O) groups excluding carboxylic acids is 3. The molecule has 2 N–H and O–H groups in total. The summed E-state index contributed by atoms with van der Waals surface area (Å²) in [7, 11) is 0. The number of nitrogens with zero attached hydrogens (tertiary/aromatic N) is 2. The molecule has 2 rings (SSSR count). The minimum atomic E-state index is -0.568. The van der Waals surface area contributed by atoms with Crippen molar-refractivity contribution >= 4 is 23.7 Å². The van der Waals surface area contributed by atoms with Gasteiger partial charge in [-0.05, 0) is 39.3 Å². The lowest BCUT2D eigenvalue weighted by molar-refractivity contribution is -0.126. The topological polar surface area (TPSA) is 101 Å². The van der Waals surface area contributed by atoms with Gasteiger partial charge in [-0.25, -0.2) is 9.78 Å². The lowest BCUT2D eigenvalue weighted by atomic mass is 10.1. The van der Waals surface area contributed by atoms with Crippen molar-refractivity contribution in [2.45, 2.75) is 32.8 Å². The molecule has 1 aromatic rings. The largest absolute Gasteiger partial charge is 0.444 e. The predicted molar refractivity (Wildman–Crippen MR) is 91.8 cm³/mol. The number of nitrogens with one attached hydrogen (secondary N) is 2. The summed E-state index contributed by atoms with van der Waals surface area (Å²) < 4.78 is 5.30. The molecule has 1 fully saturated rings. The molecule has 8 heteroatoms. The van der Waals surface area contributed by atoms with Gasteiger partial charge in [0.15, 0.2) is 0 Å². The molecule has 136 valence electrons. The van der Waals surface area contributed by atoms with Gasteiger partial charge in [-0.3, -0.25) is 9.59 Å². The molecule has 1 saturated heterocycles. The maximum Gasteiger partial charge on any atom is 0.410 e. The number of likely N-dealkylation sites (tertiary alicyclic amines) is 1. The Labute approximate surface area is 146 Å². The van der Waals surface area contributed by atoms with E-state index >= 15 is 0 Å². The number of amides is 3. The fraction of sp³-hybridized carbons (Fsp3) is 0.529. The van der Waals surface area contributed by atoms with Crippen molar-refractivity contribution in [2.75, 3.05) is 25.0 Å². The first-order valence-electron chi connectivity index (χ1n) is 8.21. The third kappa shape index (κ3) is 6.06. The maximum atomic E-state index is 12.2. The molecule has 1 atom stereocenters. The fourth-order valence-electron chi connectivity index (χ4n) is 2.40. The smallest absolute Gasteiger partial charge is 0.410 e. The van der Waals surface area contributed by atoms with E-state index in [-0.39, 0.29) is 24.3 Å². The summed E-state index contributed by atoms with van der Waals surface area (Å²) in [6.07, 6.45) is 1.70. The van der Waals surface area contributed by atoms with Crippen molar-refractivity contribution in [3.8, 4) is 0 Å². The predicted octanol–water partition coefficient (Wildman–Crippen LogP) is 1.39. The Morgan fingerprint density at radius 2 is 2.08 bits per heavy atom. The van der Waals surface area contributed by atoms with Crippen LogP contribution in [-0.2, 0) is 14.3 Å². The number of carbonyl (C=O) groups is 3. The van der Waals surface area contributed by atoms with Crippen LogP contribution in [0.4, 0.5) is 10.6 Å². The number of pyridine rings is 1. The SMILES string of the molecule is CC(C)(C)OC(=O)N1CCC(C(=O)NCC(=O)Nc2ccccn2)C1. The highest BCUT2D eigenvalue weighted by atomic mass is 16.6. The summed E-state index contributed by atoms with van der Waals surface area (Å²) in [6, 6.07) is 5.16. The molecule has 0 aromatic carbocycles. The Morgan fingerprint density at radius 3 is 2.72 bits per heavy atom. The first-order valence-corrected chi connectivity index (χ1v) is 8.21. The monoisotopic (exact) mass is 348 g/mol. The number of aromatic nitrogens is 1. The van der Waals surface area contributed by atoms with Gasteiger partial charge in [0.1, 0.15) is 11.4 Å². The van der Waals surface area contributed by atoms with Crippen LogP contribution in [0.1, 0.15) is 27.2 Å². The van der Waals surface area contributed by atoms with Crippen LogP contribution in [0.2, 0.25) is 0 Å². The molecule has 3 amide bonds. The van der Waals surface area contributed by atoms with Crippen molar-refractivity contribution < 1.29 is 19.1 Å². The van der Waals surface area contributed by atoms with Crippen LogP contribution in [0.3, 0.4) is 0 Å². The zero-order valence-electron chi connectivity index (χ0n) is 14.7.